The van der Waals surface area contributed by atoms with Gasteiger partial charge in [-0.15, -0.1) is 0 Å². The summed E-state index contributed by atoms with van der Waals surface area (Å²) in [7, 11) is 1.62. The highest BCUT2D eigenvalue weighted by Crippen LogP contribution is 2.27. The molecule has 0 radical (unpaired) electrons. The SMILES string of the molecule is COCOCCc1ccc(OCc2ccccc2)c(Br)c1. The Morgan fingerprint density at radius 2 is 1.81 bits per heavy atom. The van der Waals surface area contributed by atoms with E-state index in [9.17, 15) is 0 Å². The standard InChI is InChI=1S/C17H19BrO3/c1-19-13-20-10-9-14-7-8-17(16(18)11-14)21-12-15-5-3-2-4-6-15/h2-8,11H,9-10,12-13H2,1H3. The highest BCUT2D eigenvalue weighted by Gasteiger charge is 2.03. The lowest BCUT2D eigenvalue weighted by Crippen LogP contribution is -2.02. The molecule has 2 rings (SSSR count). The Kier molecular flexibility index (Phi) is 6.73. The molecule has 0 saturated carbocycles. The van der Waals surface area contributed by atoms with Crippen molar-refractivity contribution in [3.63, 3.8) is 0 Å². The average Bonchev–Trinajstić information content (AvgIpc) is 2.52. The van der Waals surface area contributed by atoms with Crippen molar-refractivity contribution in [2.45, 2.75) is 13.0 Å². The molecule has 0 heterocycles. The lowest BCUT2D eigenvalue weighted by Gasteiger charge is -2.10. The molecule has 0 atom stereocenters. The van der Waals surface area contributed by atoms with Crippen molar-refractivity contribution in [1.82, 2.24) is 0 Å². The number of hydrogen-bond acceptors (Lipinski definition) is 3. The van der Waals surface area contributed by atoms with Gasteiger partial charge in [0.1, 0.15) is 19.1 Å². The number of halogens is 1. The number of hydrogen-bond donors (Lipinski definition) is 0. The lowest BCUT2D eigenvalue weighted by atomic mass is 10.1. The zero-order chi connectivity index (χ0) is 14.9. The van der Waals surface area contributed by atoms with Crippen LogP contribution in [0.4, 0.5) is 0 Å². The predicted molar refractivity (Wildman–Crippen MR) is 86.4 cm³/mol. The van der Waals surface area contributed by atoms with Gasteiger partial charge in [-0.05, 0) is 45.6 Å². The summed E-state index contributed by atoms with van der Waals surface area (Å²) >= 11 is 3.55. The normalized spacial score (nSPS) is 10.6. The van der Waals surface area contributed by atoms with Gasteiger partial charge in [-0.2, -0.15) is 0 Å². The van der Waals surface area contributed by atoms with Gasteiger partial charge in [0, 0.05) is 7.11 Å². The van der Waals surface area contributed by atoms with Crippen LogP contribution in [-0.2, 0) is 22.5 Å². The van der Waals surface area contributed by atoms with Crippen molar-refractivity contribution in [2.24, 2.45) is 0 Å². The van der Waals surface area contributed by atoms with Crippen LogP contribution in [0.5, 0.6) is 5.75 Å². The van der Waals surface area contributed by atoms with Crippen LogP contribution in [0.2, 0.25) is 0 Å². The molecule has 2 aromatic rings. The number of ether oxygens (including phenoxy) is 3. The molecular weight excluding hydrogens is 332 g/mol. The van der Waals surface area contributed by atoms with Gasteiger partial charge >= 0.3 is 0 Å². The molecule has 0 amide bonds. The molecule has 0 aliphatic carbocycles. The Morgan fingerprint density at radius 3 is 2.52 bits per heavy atom. The minimum absolute atomic E-state index is 0.333. The molecule has 0 unspecified atom stereocenters. The first-order valence-electron chi connectivity index (χ1n) is 6.81. The monoisotopic (exact) mass is 350 g/mol. The van der Waals surface area contributed by atoms with Crippen molar-refractivity contribution < 1.29 is 14.2 Å². The van der Waals surface area contributed by atoms with E-state index in [4.69, 9.17) is 14.2 Å². The maximum atomic E-state index is 5.82. The van der Waals surface area contributed by atoms with E-state index in [0.29, 0.717) is 20.0 Å². The van der Waals surface area contributed by atoms with Crippen molar-refractivity contribution >= 4 is 15.9 Å². The van der Waals surface area contributed by atoms with Crippen LogP contribution in [0.25, 0.3) is 0 Å². The van der Waals surface area contributed by atoms with Crippen molar-refractivity contribution in [3.05, 3.63) is 64.1 Å². The van der Waals surface area contributed by atoms with Gasteiger partial charge in [0.2, 0.25) is 0 Å². The maximum Gasteiger partial charge on any atom is 0.146 e. The summed E-state index contributed by atoms with van der Waals surface area (Å²) < 4.78 is 16.9. The summed E-state index contributed by atoms with van der Waals surface area (Å²) in [4.78, 5) is 0. The Hall–Kier alpha value is -1.36. The second-order valence-corrected chi connectivity index (χ2v) is 5.46. The van der Waals surface area contributed by atoms with Gasteiger partial charge < -0.3 is 14.2 Å². The Bertz CT molecular complexity index is 543. The average molecular weight is 351 g/mol. The second kappa shape index (κ2) is 8.82. The first-order chi connectivity index (χ1) is 10.3. The van der Waals surface area contributed by atoms with E-state index in [1.807, 2.05) is 24.3 Å². The van der Waals surface area contributed by atoms with Crippen LogP contribution < -0.4 is 4.74 Å². The van der Waals surface area contributed by atoms with Crippen molar-refractivity contribution in [2.75, 3.05) is 20.5 Å². The number of benzene rings is 2. The summed E-state index contributed by atoms with van der Waals surface area (Å²) in [6, 6.07) is 16.2. The van der Waals surface area contributed by atoms with E-state index >= 15 is 0 Å². The molecule has 112 valence electrons. The summed E-state index contributed by atoms with van der Waals surface area (Å²) in [5, 5.41) is 0. The fraction of sp³-hybridized carbons (Fsp3) is 0.294. The van der Waals surface area contributed by atoms with E-state index in [-0.39, 0.29) is 0 Å². The Morgan fingerprint density at radius 1 is 1.00 bits per heavy atom. The zero-order valence-corrected chi connectivity index (χ0v) is 13.6. The summed E-state index contributed by atoms with van der Waals surface area (Å²) in [5.74, 6) is 0.848. The van der Waals surface area contributed by atoms with Crippen LogP contribution in [0.15, 0.2) is 53.0 Å². The summed E-state index contributed by atoms with van der Waals surface area (Å²) in [6.45, 7) is 1.54. The second-order valence-electron chi connectivity index (χ2n) is 4.60. The predicted octanol–water partition coefficient (Wildman–Crippen LogP) is 4.19. The molecule has 4 heteroatoms. The maximum absolute atomic E-state index is 5.82. The van der Waals surface area contributed by atoms with Gasteiger partial charge in [-0.25, -0.2) is 0 Å². The first kappa shape index (κ1) is 16.0. The van der Waals surface area contributed by atoms with Gasteiger partial charge in [0.15, 0.2) is 0 Å². The molecule has 0 aromatic heterocycles. The molecule has 3 nitrogen and oxygen atoms in total. The van der Waals surface area contributed by atoms with Crippen LogP contribution in [-0.4, -0.2) is 20.5 Å². The van der Waals surface area contributed by atoms with E-state index < -0.39 is 0 Å². The zero-order valence-electron chi connectivity index (χ0n) is 12.0. The Labute approximate surface area is 134 Å². The minimum Gasteiger partial charge on any atom is -0.488 e. The van der Waals surface area contributed by atoms with Gasteiger partial charge in [-0.3, -0.25) is 0 Å². The lowest BCUT2D eigenvalue weighted by molar-refractivity contribution is -0.0291. The molecule has 0 aliphatic heterocycles. The number of methoxy groups -OCH3 is 1. The van der Waals surface area contributed by atoms with Gasteiger partial charge in [0.25, 0.3) is 0 Å². The van der Waals surface area contributed by atoms with Crippen molar-refractivity contribution in [3.8, 4) is 5.75 Å². The third-order valence-corrected chi connectivity index (χ3v) is 3.59. The molecule has 0 spiro atoms. The van der Waals surface area contributed by atoms with Crippen LogP contribution in [0, 0.1) is 0 Å². The van der Waals surface area contributed by atoms with Crippen LogP contribution in [0.1, 0.15) is 11.1 Å². The molecule has 2 aromatic carbocycles. The largest absolute Gasteiger partial charge is 0.488 e. The third kappa shape index (κ3) is 5.50. The van der Waals surface area contributed by atoms with E-state index in [1.165, 1.54) is 5.56 Å². The Balaban J connectivity index is 1.87. The molecule has 21 heavy (non-hydrogen) atoms. The fourth-order valence-electron chi connectivity index (χ4n) is 1.88. The third-order valence-electron chi connectivity index (χ3n) is 2.97. The topological polar surface area (TPSA) is 27.7 Å². The minimum atomic E-state index is 0.333. The highest BCUT2D eigenvalue weighted by atomic mass is 79.9. The van der Waals surface area contributed by atoms with E-state index in [0.717, 1.165) is 22.2 Å². The van der Waals surface area contributed by atoms with Crippen LogP contribution >= 0.6 is 15.9 Å². The van der Waals surface area contributed by atoms with Gasteiger partial charge in [-0.1, -0.05) is 36.4 Å². The molecular formula is C17H19BrO3. The van der Waals surface area contributed by atoms with Crippen molar-refractivity contribution in [1.29, 1.82) is 0 Å². The first-order valence-corrected chi connectivity index (χ1v) is 7.60. The molecule has 0 saturated heterocycles. The smallest absolute Gasteiger partial charge is 0.146 e. The molecule has 0 aliphatic rings. The van der Waals surface area contributed by atoms with E-state index in [2.05, 4.69) is 40.2 Å². The molecule has 0 fully saturated rings. The number of rotatable bonds is 8. The summed E-state index contributed by atoms with van der Waals surface area (Å²) in [5.41, 5.74) is 2.35. The molecule has 0 bridgehead atoms. The highest BCUT2D eigenvalue weighted by molar-refractivity contribution is 9.10. The van der Waals surface area contributed by atoms with Crippen LogP contribution in [0.3, 0.4) is 0 Å². The fourth-order valence-corrected chi connectivity index (χ4v) is 2.43. The quantitative estimate of drug-likeness (QED) is 0.527. The summed E-state index contributed by atoms with van der Waals surface area (Å²) in [6.07, 6.45) is 0.848. The van der Waals surface area contributed by atoms with Gasteiger partial charge in [0.05, 0.1) is 11.1 Å². The molecule has 0 N–H and O–H groups in total. The van der Waals surface area contributed by atoms with E-state index in [1.54, 1.807) is 7.11 Å².